The van der Waals surface area contributed by atoms with Crippen molar-refractivity contribution in [1.29, 1.82) is 0 Å². The summed E-state index contributed by atoms with van der Waals surface area (Å²) in [5, 5.41) is 15.9. The fourth-order valence-corrected chi connectivity index (χ4v) is 15.4. The third-order valence-corrected chi connectivity index (χ3v) is 21.4. The van der Waals surface area contributed by atoms with Gasteiger partial charge < -0.3 is 9.31 Å². The Morgan fingerprint density at radius 2 is 0.525 bits per heavy atom. The number of halogens is 1. The van der Waals surface area contributed by atoms with Gasteiger partial charge in [-0.15, -0.1) is 0 Å². The molecule has 14 aromatic carbocycles. The molecule has 101 heavy (non-hydrogen) atoms. The maximum absolute atomic E-state index is 6.39. The molecule has 1 saturated heterocycles. The minimum atomic E-state index is -0.355. The highest BCUT2D eigenvalue weighted by molar-refractivity contribution is 6.62. The molecule has 2 aliphatic carbocycles. The van der Waals surface area contributed by atoms with Crippen LogP contribution < -0.4 is 5.46 Å². The molecule has 0 bridgehead atoms. The molecule has 8 nitrogen and oxygen atoms in total. The molecule has 1 fully saturated rings. The molecule has 0 N–H and O–H groups in total. The second-order valence-corrected chi connectivity index (χ2v) is 28.8. The lowest BCUT2D eigenvalue weighted by atomic mass is 9.74. The first-order valence-corrected chi connectivity index (χ1v) is 34.7. The number of hydrogen-bond acceptors (Lipinski definition) is 8. The van der Waals surface area contributed by atoms with E-state index in [2.05, 4.69) is 252 Å². The largest absolute Gasteiger partial charge is 0.494 e. The zero-order chi connectivity index (χ0) is 68.2. The highest BCUT2D eigenvalue weighted by atomic mass is 35.5. The number of hydrogen-bond donors (Lipinski definition) is 0. The molecule has 1 aliphatic heterocycles. The average Bonchev–Trinajstić information content (AvgIpc) is 1.64. The Hall–Kier alpha value is -11.1. The van der Waals surface area contributed by atoms with Crippen molar-refractivity contribution in [3.05, 3.63) is 307 Å². The zero-order valence-corrected chi connectivity index (χ0v) is 57.8. The van der Waals surface area contributed by atoms with Gasteiger partial charge in [0.15, 0.2) is 29.1 Å². The molecule has 0 unspecified atom stereocenters. The average molecular weight is 1330 g/mol. The third-order valence-electron chi connectivity index (χ3n) is 21.3. The molecular weight excluding hydrogens is 1260 g/mol. The number of rotatable bonds is 6. The first-order chi connectivity index (χ1) is 48.5. The Kier molecular flexibility index (Phi) is 16.0. The maximum Gasteiger partial charge on any atom is 0.494 e. The fourth-order valence-electron chi connectivity index (χ4n) is 15.3. The van der Waals surface area contributed by atoms with E-state index in [1.165, 1.54) is 109 Å². The van der Waals surface area contributed by atoms with Gasteiger partial charge in [0.05, 0.1) is 11.2 Å². The van der Waals surface area contributed by atoms with Gasteiger partial charge in [0.2, 0.25) is 5.28 Å². The molecule has 0 radical (unpaired) electrons. The first kappa shape index (κ1) is 64.6. The third kappa shape index (κ3) is 11.1. The summed E-state index contributed by atoms with van der Waals surface area (Å²) in [6, 6.07) is 98.2. The number of nitrogens with zero attached hydrogens (tertiary/aromatic N) is 6. The molecule has 490 valence electrons. The van der Waals surface area contributed by atoms with E-state index >= 15 is 0 Å². The van der Waals surface area contributed by atoms with Crippen LogP contribution in [0.2, 0.25) is 5.28 Å². The van der Waals surface area contributed by atoms with Crippen LogP contribution >= 0.6 is 11.6 Å². The van der Waals surface area contributed by atoms with Gasteiger partial charge in [0.1, 0.15) is 0 Å². The van der Waals surface area contributed by atoms with Crippen molar-refractivity contribution in [2.75, 3.05) is 0 Å². The molecule has 3 heterocycles. The highest BCUT2D eigenvalue weighted by Crippen LogP contribution is 2.54. The van der Waals surface area contributed by atoms with Crippen LogP contribution in [-0.4, -0.2) is 48.2 Å². The molecule has 10 heteroatoms. The Morgan fingerprint density at radius 3 is 0.871 bits per heavy atom. The summed E-state index contributed by atoms with van der Waals surface area (Å²) >= 11 is 5.99. The van der Waals surface area contributed by atoms with Gasteiger partial charge in [-0.05, 0) is 184 Å². The van der Waals surface area contributed by atoms with Gasteiger partial charge in [-0.25, -0.2) is 19.9 Å². The van der Waals surface area contributed by atoms with Crippen LogP contribution in [-0.2, 0) is 20.1 Å². The van der Waals surface area contributed by atoms with Gasteiger partial charge >= 0.3 is 7.12 Å². The number of benzene rings is 14. The van der Waals surface area contributed by atoms with E-state index in [1.54, 1.807) is 0 Å². The standard InChI is InChI=1S/C42H29N3.C33H31BO2.C15H10ClN3.CH4/c1-42(2)37-23-28(41-44-39(26-13-5-3-6-14-26)43-40(45-41)27-15-7-4-8-16-27)21-22-33(37)36-24-34-31-19-11-9-17-29(31)30-18-10-12-20-32(30)35(34)25-38(36)42;1-31(2)29-17-20(34-35-32(3,4)33(5,6)36-34)15-16-25(29)28-18-26-23-13-9-7-11-21(23)22-12-8-10-14-24(22)27(26)19-30(28)31;16-15-18-13(11-7-3-1-4-8-11)17-14(19-15)12-9-5-2-6-10-12;/h3-25H,1-2H3;7-19H,1-6H3;1-10H;1H4. The lowest BCUT2D eigenvalue weighted by Gasteiger charge is -2.32. The summed E-state index contributed by atoms with van der Waals surface area (Å²) in [5.41, 5.74) is 15.5. The van der Waals surface area contributed by atoms with Crippen molar-refractivity contribution in [1.82, 2.24) is 29.9 Å². The second-order valence-electron chi connectivity index (χ2n) is 28.5. The van der Waals surface area contributed by atoms with E-state index in [4.69, 9.17) is 35.9 Å². The van der Waals surface area contributed by atoms with Gasteiger partial charge in [0, 0.05) is 38.6 Å². The van der Waals surface area contributed by atoms with Crippen molar-refractivity contribution in [3.8, 4) is 79.2 Å². The zero-order valence-electron chi connectivity index (χ0n) is 57.0. The minimum Gasteiger partial charge on any atom is -0.399 e. The minimum absolute atomic E-state index is 0. The van der Waals surface area contributed by atoms with E-state index in [9.17, 15) is 0 Å². The molecule has 3 aliphatic rings. The van der Waals surface area contributed by atoms with Crippen LogP contribution in [0.5, 0.6) is 0 Å². The van der Waals surface area contributed by atoms with Crippen LogP contribution in [0.3, 0.4) is 0 Å². The maximum atomic E-state index is 6.39. The highest BCUT2D eigenvalue weighted by Gasteiger charge is 2.52. The number of fused-ring (bicyclic) bond motifs is 18. The topological polar surface area (TPSA) is 95.8 Å². The van der Waals surface area contributed by atoms with Crippen molar-refractivity contribution in [2.45, 2.75) is 84.8 Å². The molecule has 2 aromatic heterocycles. The van der Waals surface area contributed by atoms with Gasteiger partial charge in [-0.1, -0.05) is 284 Å². The van der Waals surface area contributed by atoms with Gasteiger partial charge in [-0.2, -0.15) is 9.97 Å². The first-order valence-electron chi connectivity index (χ1n) is 34.3. The second kappa shape index (κ2) is 25.0. The lowest BCUT2D eigenvalue weighted by Crippen LogP contribution is -2.41. The Bertz CT molecular complexity index is 5820. The van der Waals surface area contributed by atoms with Crippen LogP contribution in [0, 0.1) is 0 Å². The monoisotopic (exact) mass is 1330 g/mol. The lowest BCUT2D eigenvalue weighted by molar-refractivity contribution is 0.00578. The molecule has 16 aromatic rings. The van der Waals surface area contributed by atoms with Gasteiger partial charge in [-0.3, -0.25) is 0 Å². The molecule has 0 spiro atoms. The molecule has 0 saturated carbocycles. The molecule has 19 rings (SSSR count). The molecule has 0 atom stereocenters. The predicted molar refractivity (Wildman–Crippen MR) is 421 cm³/mol. The Morgan fingerprint density at radius 1 is 0.257 bits per heavy atom. The summed E-state index contributed by atoms with van der Waals surface area (Å²) in [4.78, 5) is 27.7. The Balaban J connectivity index is 0.000000126. The molecule has 0 amide bonds. The van der Waals surface area contributed by atoms with E-state index in [0.29, 0.717) is 29.1 Å². The quantitative estimate of drug-likeness (QED) is 0.120. The fraction of sp³-hybridized carbons (Fsp3) is 0.143. The van der Waals surface area contributed by atoms with Crippen molar-refractivity contribution in [2.24, 2.45) is 0 Å². The summed E-state index contributed by atoms with van der Waals surface area (Å²) in [6.45, 7) is 17.8. The van der Waals surface area contributed by atoms with Crippen LogP contribution in [0.25, 0.3) is 144 Å². The summed E-state index contributed by atoms with van der Waals surface area (Å²) in [7, 11) is -0.355. The van der Waals surface area contributed by atoms with Crippen molar-refractivity contribution in [3.63, 3.8) is 0 Å². The van der Waals surface area contributed by atoms with Crippen molar-refractivity contribution < 1.29 is 9.31 Å². The van der Waals surface area contributed by atoms with E-state index in [-0.39, 0.29) is 41.9 Å². The van der Waals surface area contributed by atoms with Gasteiger partial charge in [0.25, 0.3) is 0 Å². The summed E-state index contributed by atoms with van der Waals surface area (Å²) < 4.78 is 12.8. The normalized spacial score (nSPS) is 14.7. The summed E-state index contributed by atoms with van der Waals surface area (Å²) in [5.74, 6) is 3.19. The van der Waals surface area contributed by atoms with Crippen molar-refractivity contribution >= 4 is 88.8 Å². The summed E-state index contributed by atoms with van der Waals surface area (Å²) in [6.07, 6.45) is 0. The van der Waals surface area contributed by atoms with E-state index < -0.39 is 0 Å². The SMILES string of the molecule is C.CC1(C)c2cc(-c3nc(-c4ccccc4)nc(-c4ccccc4)n3)ccc2-c2cc3c4ccccc4c4ccccc4c3cc21.CC1(C)c2cc(B3OC(C)(C)C(C)(C)O3)ccc2-c2cc3c4ccccc4c4ccccc4c3cc21.Clc1nc(-c2ccccc2)nc(-c2ccccc2)n1. The Labute approximate surface area is 595 Å². The van der Waals surface area contributed by atoms with Crippen LogP contribution in [0.1, 0.15) is 85.1 Å². The predicted octanol–water partition coefficient (Wildman–Crippen LogP) is 22.9. The van der Waals surface area contributed by atoms with E-state index in [0.717, 1.165) is 33.3 Å². The molecular formula is C91H74BClN6O2. The van der Waals surface area contributed by atoms with Crippen LogP contribution in [0.4, 0.5) is 0 Å². The number of aromatic nitrogens is 6. The van der Waals surface area contributed by atoms with Crippen LogP contribution in [0.15, 0.2) is 279 Å². The van der Waals surface area contributed by atoms with E-state index in [1.807, 2.05) is 97.1 Å². The smallest absolute Gasteiger partial charge is 0.399 e.